The van der Waals surface area contributed by atoms with E-state index in [2.05, 4.69) is 10.6 Å². The molecule has 2 rings (SSSR count). The molecule has 3 amide bonds. The zero-order valence-electron chi connectivity index (χ0n) is 13.2. The maximum atomic E-state index is 11.9. The quantitative estimate of drug-likeness (QED) is 0.462. The molecule has 126 valence electrons. The summed E-state index contributed by atoms with van der Waals surface area (Å²) in [4.78, 5) is 23.6. The van der Waals surface area contributed by atoms with Crippen molar-refractivity contribution >= 4 is 11.9 Å². The highest BCUT2D eigenvalue weighted by atomic mass is 16.5. The monoisotopic (exact) mass is 327 g/mol. The molecule has 0 heterocycles. The Kier molecular flexibility index (Phi) is 6.79. The SMILES string of the molecule is O=C(NCc1ccccc1)NCC(Cc1ccccc1)C(=O)NO. The van der Waals surface area contributed by atoms with E-state index in [0.29, 0.717) is 13.0 Å². The number of amides is 3. The fraction of sp³-hybridized carbons (Fsp3) is 0.222. The molecule has 0 saturated carbocycles. The van der Waals surface area contributed by atoms with Crippen LogP contribution in [0.5, 0.6) is 0 Å². The van der Waals surface area contributed by atoms with Gasteiger partial charge in [-0.25, -0.2) is 10.3 Å². The lowest BCUT2D eigenvalue weighted by Gasteiger charge is -2.16. The average molecular weight is 327 g/mol. The molecule has 0 spiro atoms. The Morgan fingerprint density at radius 2 is 1.46 bits per heavy atom. The van der Waals surface area contributed by atoms with E-state index >= 15 is 0 Å². The van der Waals surface area contributed by atoms with Gasteiger partial charge in [0.15, 0.2) is 0 Å². The van der Waals surface area contributed by atoms with E-state index in [9.17, 15) is 9.59 Å². The maximum absolute atomic E-state index is 11.9. The van der Waals surface area contributed by atoms with Crippen LogP contribution in [0, 0.1) is 5.92 Å². The predicted octanol–water partition coefficient (Wildman–Crippen LogP) is 1.85. The van der Waals surface area contributed by atoms with E-state index in [1.165, 1.54) is 0 Å². The Balaban J connectivity index is 1.83. The summed E-state index contributed by atoms with van der Waals surface area (Å²) in [6.45, 7) is 0.532. The second kappa shape index (κ2) is 9.32. The summed E-state index contributed by atoms with van der Waals surface area (Å²) >= 11 is 0. The molecular weight excluding hydrogens is 306 g/mol. The minimum atomic E-state index is -0.556. The average Bonchev–Trinajstić information content (AvgIpc) is 2.64. The summed E-state index contributed by atoms with van der Waals surface area (Å²) in [6.07, 6.45) is 0.423. The van der Waals surface area contributed by atoms with E-state index in [-0.39, 0.29) is 12.6 Å². The number of hydrogen-bond acceptors (Lipinski definition) is 3. The Morgan fingerprint density at radius 1 is 0.875 bits per heavy atom. The number of carbonyl (C=O) groups is 2. The third kappa shape index (κ3) is 5.73. The van der Waals surface area contributed by atoms with Crippen LogP contribution in [0.4, 0.5) is 4.79 Å². The van der Waals surface area contributed by atoms with Gasteiger partial charge in [-0.3, -0.25) is 10.0 Å². The number of rotatable bonds is 7. The molecule has 0 aromatic heterocycles. The minimum Gasteiger partial charge on any atom is -0.337 e. The van der Waals surface area contributed by atoms with Gasteiger partial charge in [-0.15, -0.1) is 0 Å². The van der Waals surface area contributed by atoms with Crippen molar-refractivity contribution in [3.8, 4) is 0 Å². The van der Waals surface area contributed by atoms with E-state index in [1.807, 2.05) is 60.7 Å². The molecule has 1 unspecified atom stereocenters. The Hall–Kier alpha value is -2.86. The zero-order chi connectivity index (χ0) is 17.2. The summed E-state index contributed by atoms with van der Waals surface area (Å²) < 4.78 is 0. The van der Waals surface area contributed by atoms with E-state index in [1.54, 1.807) is 5.48 Å². The van der Waals surface area contributed by atoms with Crippen molar-refractivity contribution in [2.24, 2.45) is 5.92 Å². The third-order valence-corrected chi connectivity index (χ3v) is 3.61. The van der Waals surface area contributed by atoms with Crippen LogP contribution in [0.3, 0.4) is 0 Å². The molecule has 6 nitrogen and oxygen atoms in total. The Morgan fingerprint density at radius 3 is 2.04 bits per heavy atom. The zero-order valence-corrected chi connectivity index (χ0v) is 13.2. The molecule has 0 fully saturated rings. The topological polar surface area (TPSA) is 90.5 Å². The molecule has 0 aliphatic carbocycles. The second-order valence-electron chi connectivity index (χ2n) is 5.41. The summed E-state index contributed by atoms with van der Waals surface area (Å²) in [7, 11) is 0. The predicted molar refractivity (Wildman–Crippen MR) is 90.2 cm³/mol. The minimum absolute atomic E-state index is 0.127. The van der Waals surface area contributed by atoms with Gasteiger partial charge < -0.3 is 10.6 Å². The first kappa shape index (κ1) is 17.5. The largest absolute Gasteiger partial charge is 0.337 e. The summed E-state index contributed by atoms with van der Waals surface area (Å²) in [5.74, 6) is -1.08. The highest BCUT2D eigenvalue weighted by Gasteiger charge is 2.19. The van der Waals surface area contributed by atoms with Gasteiger partial charge in [0, 0.05) is 13.1 Å². The number of urea groups is 1. The van der Waals surface area contributed by atoms with Crippen LogP contribution in [0.1, 0.15) is 11.1 Å². The normalized spacial score (nSPS) is 11.4. The lowest BCUT2D eigenvalue weighted by molar-refractivity contribution is -0.133. The first-order valence-corrected chi connectivity index (χ1v) is 7.72. The van der Waals surface area contributed by atoms with Crippen molar-refractivity contribution in [3.05, 3.63) is 71.8 Å². The molecule has 24 heavy (non-hydrogen) atoms. The smallest absolute Gasteiger partial charge is 0.315 e. The highest BCUT2D eigenvalue weighted by molar-refractivity contribution is 5.79. The summed E-state index contributed by atoms with van der Waals surface area (Å²) in [6, 6.07) is 18.6. The van der Waals surface area contributed by atoms with Gasteiger partial charge in [-0.05, 0) is 17.5 Å². The molecule has 0 bridgehead atoms. The second-order valence-corrected chi connectivity index (χ2v) is 5.41. The van der Waals surface area contributed by atoms with Crippen LogP contribution >= 0.6 is 0 Å². The molecule has 0 saturated heterocycles. The number of hydroxylamine groups is 1. The van der Waals surface area contributed by atoms with E-state index in [0.717, 1.165) is 11.1 Å². The lowest BCUT2D eigenvalue weighted by atomic mass is 9.98. The van der Waals surface area contributed by atoms with Crippen LogP contribution in [0.25, 0.3) is 0 Å². The maximum Gasteiger partial charge on any atom is 0.315 e. The Bertz CT molecular complexity index is 647. The van der Waals surface area contributed by atoms with Gasteiger partial charge in [0.1, 0.15) is 0 Å². The first-order valence-electron chi connectivity index (χ1n) is 7.72. The van der Waals surface area contributed by atoms with Crippen molar-refractivity contribution in [2.75, 3.05) is 6.54 Å². The van der Waals surface area contributed by atoms with Gasteiger partial charge >= 0.3 is 6.03 Å². The molecule has 1 atom stereocenters. The van der Waals surface area contributed by atoms with Crippen molar-refractivity contribution in [3.63, 3.8) is 0 Å². The fourth-order valence-corrected chi connectivity index (χ4v) is 2.30. The van der Waals surface area contributed by atoms with Crippen molar-refractivity contribution in [2.45, 2.75) is 13.0 Å². The molecule has 0 aliphatic heterocycles. The number of hydrogen-bond donors (Lipinski definition) is 4. The highest BCUT2D eigenvalue weighted by Crippen LogP contribution is 2.08. The molecule has 4 N–H and O–H groups in total. The van der Waals surface area contributed by atoms with Crippen LogP contribution < -0.4 is 16.1 Å². The number of nitrogens with one attached hydrogen (secondary N) is 3. The summed E-state index contributed by atoms with van der Waals surface area (Å²) in [5.41, 5.74) is 3.60. The number of benzene rings is 2. The molecule has 0 radical (unpaired) electrons. The molecule has 6 heteroatoms. The van der Waals surface area contributed by atoms with Crippen LogP contribution in [-0.2, 0) is 17.8 Å². The van der Waals surface area contributed by atoms with Gasteiger partial charge in [-0.1, -0.05) is 60.7 Å². The van der Waals surface area contributed by atoms with Gasteiger partial charge in [0.25, 0.3) is 0 Å². The van der Waals surface area contributed by atoms with Crippen LogP contribution in [0.2, 0.25) is 0 Å². The van der Waals surface area contributed by atoms with Gasteiger partial charge in [-0.2, -0.15) is 0 Å². The van der Waals surface area contributed by atoms with Gasteiger partial charge in [0.05, 0.1) is 5.92 Å². The Labute approximate surface area is 140 Å². The van der Waals surface area contributed by atoms with E-state index in [4.69, 9.17) is 5.21 Å². The van der Waals surface area contributed by atoms with Crippen LogP contribution in [-0.4, -0.2) is 23.7 Å². The van der Waals surface area contributed by atoms with Crippen molar-refractivity contribution in [1.82, 2.24) is 16.1 Å². The first-order chi connectivity index (χ1) is 11.7. The molecule has 2 aromatic carbocycles. The number of carbonyl (C=O) groups excluding carboxylic acids is 2. The van der Waals surface area contributed by atoms with Crippen molar-refractivity contribution < 1.29 is 14.8 Å². The third-order valence-electron chi connectivity index (χ3n) is 3.61. The molecular formula is C18H21N3O3. The molecule has 2 aromatic rings. The molecule has 0 aliphatic rings. The summed E-state index contributed by atoms with van der Waals surface area (Å²) in [5, 5.41) is 14.3. The van der Waals surface area contributed by atoms with Gasteiger partial charge in [0.2, 0.25) is 5.91 Å². The van der Waals surface area contributed by atoms with E-state index < -0.39 is 11.8 Å². The standard InChI is InChI=1S/C18H21N3O3/c22-17(21-24)16(11-14-7-3-1-4-8-14)13-20-18(23)19-12-15-9-5-2-6-10-15/h1-10,16,24H,11-13H2,(H,21,22)(H2,19,20,23). The van der Waals surface area contributed by atoms with Crippen molar-refractivity contribution in [1.29, 1.82) is 0 Å². The fourth-order valence-electron chi connectivity index (χ4n) is 2.30. The van der Waals surface area contributed by atoms with Crippen LogP contribution in [0.15, 0.2) is 60.7 Å². The lowest BCUT2D eigenvalue weighted by Crippen LogP contribution is -2.42.